The van der Waals surface area contributed by atoms with Crippen LogP contribution in [-0.4, -0.2) is 0 Å². The molecule has 2 aromatic heterocycles. The van der Waals surface area contributed by atoms with Gasteiger partial charge in [0.05, 0.1) is 0 Å². The molecular weight excluding hydrogens is 585 g/mol. The van der Waals surface area contributed by atoms with Crippen LogP contribution >= 0.6 is 0 Å². The van der Waals surface area contributed by atoms with Gasteiger partial charge in [0.1, 0.15) is 22.3 Å². The molecule has 1 unspecified atom stereocenters. The van der Waals surface area contributed by atoms with Gasteiger partial charge in [-0.25, -0.2) is 0 Å². The maximum absolute atomic E-state index is 6.63. The lowest BCUT2D eigenvalue weighted by atomic mass is 9.79. The fourth-order valence-electron chi connectivity index (χ4n) is 8.41. The van der Waals surface area contributed by atoms with E-state index < -0.39 is 0 Å². The number of benzene rings is 7. The summed E-state index contributed by atoms with van der Waals surface area (Å²) >= 11 is 0. The van der Waals surface area contributed by atoms with Crippen LogP contribution in [0.1, 0.15) is 12.0 Å². The smallest absolute Gasteiger partial charge is 0.143 e. The Morgan fingerprint density at radius 2 is 1.02 bits per heavy atom. The van der Waals surface area contributed by atoms with E-state index in [4.69, 9.17) is 8.83 Å². The minimum absolute atomic E-state index is 0.419. The van der Waals surface area contributed by atoms with Crippen LogP contribution < -0.4 is 0 Å². The summed E-state index contributed by atoms with van der Waals surface area (Å²) < 4.78 is 13.0. The van der Waals surface area contributed by atoms with Crippen LogP contribution in [-0.2, 0) is 0 Å². The molecule has 0 radical (unpaired) electrons. The second-order valence-corrected chi connectivity index (χ2v) is 13.1. The van der Waals surface area contributed by atoms with Crippen molar-refractivity contribution in [3.8, 4) is 11.1 Å². The van der Waals surface area contributed by atoms with Crippen molar-refractivity contribution in [3.63, 3.8) is 0 Å². The zero-order valence-corrected chi connectivity index (χ0v) is 26.0. The third kappa shape index (κ3) is 3.57. The molecule has 0 N–H and O–H groups in total. The van der Waals surface area contributed by atoms with E-state index in [-0.39, 0.29) is 0 Å². The van der Waals surface area contributed by atoms with E-state index in [0.29, 0.717) is 5.92 Å². The molecule has 2 aliphatic rings. The number of hydrogen-bond acceptors (Lipinski definition) is 2. The highest BCUT2D eigenvalue weighted by molar-refractivity contribution is 6.24. The SMILES string of the molecule is C1=CC2=CC=C(c3c4ccccc4c(-c4ccc5oc6c(ccc7c6ccc6c8ccccc8oc67)c5c4)c4ccccc34)CC2C=C1. The standard InChI is InChI=1S/C46H28O2/c1-2-10-28-25-29(18-17-27(28)9-1)43-32-12-3-5-14-34(32)44(35-15-6-4-13-33(35)43)30-19-24-42-40(26-30)39-23-22-37-38(46(39)48-42)21-20-36-31-11-7-8-16-41(31)47-45(36)37/h1-24,26,28H,25H2. The predicted molar refractivity (Wildman–Crippen MR) is 201 cm³/mol. The first kappa shape index (κ1) is 26.0. The maximum atomic E-state index is 6.63. The molecule has 9 aromatic rings. The van der Waals surface area contributed by atoms with Crippen molar-refractivity contribution in [3.05, 3.63) is 163 Å². The van der Waals surface area contributed by atoms with Crippen molar-refractivity contribution in [2.45, 2.75) is 6.42 Å². The number of furan rings is 2. The molecule has 1 atom stereocenters. The molecule has 2 heteroatoms. The highest BCUT2D eigenvalue weighted by Crippen LogP contribution is 2.46. The molecule has 2 aliphatic carbocycles. The van der Waals surface area contributed by atoms with Gasteiger partial charge in [-0.05, 0) is 98.3 Å². The van der Waals surface area contributed by atoms with Crippen molar-refractivity contribution in [1.82, 2.24) is 0 Å². The van der Waals surface area contributed by atoms with E-state index in [2.05, 4.69) is 140 Å². The molecule has 0 bridgehead atoms. The third-order valence-corrected chi connectivity index (χ3v) is 10.6. The van der Waals surface area contributed by atoms with Crippen LogP contribution in [0.4, 0.5) is 0 Å². The normalized spacial score (nSPS) is 16.1. The number of rotatable bonds is 2. The van der Waals surface area contributed by atoms with Crippen LogP contribution in [0.2, 0.25) is 0 Å². The Balaban J connectivity index is 1.15. The molecule has 0 saturated heterocycles. The van der Waals surface area contributed by atoms with Gasteiger partial charge in [0.25, 0.3) is 0 Å². The van der Waals surface area contributed by atoms with Gasteiger partial charge in [-0.1, -0.05) is 109 Å². The summed E-state index contributed by atoms with van der Waals surface area (Å²) in [5.41, 5.74) is 10.2. The molecule has 48 heavy (non-hydrogen) atoms. The topological polar surface area (TPSA) is 26.3 Å². The molecule has 11 rings (SSSR count). The van der Waals surface area contributed by atoms with Gasteiger partial charge >= 0.3 is 0 Å². The van der Waals surface area contributed by atoms with Crippen molar-refractivity contribution < 1.29 is 8.83 Å². The largest absolute Gasteiger partial charge is 0.455 e. The fourth-order valence-corrected chi connectivity index (χ4v) is 8.41. The lowest BCUT2D eigenvalue weighted by Crippen LogP contribution is -2.07. The zero-order chi connectivity index (χ0) is 31.3. The number of hydrogen-bond donors (Lipinski definition) is 0. The minimum Gasteiger partial charge on any atom is -0.455 e. The summed E-state index contributed by atoms with van der Waals surface area (Å²) in [6, 6.07) is 41.6. The molecule has 224 valence electrons. The Kier molecular flexibility index (Phi) is 5.25. The van der Waals surface area contributed by atoms with Gasteiger partial charge in [-0.2, -0.15) is 0 Å². The van der Waals surface area contributed by atoms with Crippen LogP contribution in [0.5, 0.6) is 0 Å². The number of fused-ring (bicyclic) bond motifs is 12. The van der Waals surface area contributed by atoms with Crippen LogP contribution in [0.15, 0.2) is 166 Å². The average Bonchev–Trinajstić information content (AvgIpc) is 3.72. The summed E-state index contributed by atoms with van der Waals surface area (Å²) in [5.74, 6) is 0.419. The Hall–Kier alpha value is -6.12. The van der Waals surface area contributed by atoms with Gasteiger partial charge in [0.2, 0.25) is 0 Å². The number of allylic oxidation sites excluding steroid dienone is 8. The zero-order valence-electron chi connectivity index (χ0n) is 26.0. The van der Waals surface area contributed by atoms with E-state index in [1.807, 2.05) is 12.1 Å². The van der Waals surface area contributed by atoms with E-state index in [0.717, 1.165) is 61.1 Å². The predicted octanol–water partition coefficient (Wildman–Crippen LogP) is 13.1. The summed E-state index contributed by atoms with van der Waals surface area (Å²) in [6.07, 6.45) is 14.6. The first-order valence-electron chi connectivity index (χ1n) is 16.7. The Labute approximate surface area is 276 Å². The van der Waals surface area contributed by atoms with E-state index >= 15 is 0 Å². The van der Waals surface area contributed by atoms with Gasteiger partial charge < -0.3 is 8.83 Å². The van der Waals surface area contributed by atoms with E-state index in [1.165, 1.54) is 49.4 Å². The van der Waals surface area contributed by atoms with Crippen LogP contribution in [0, 0.1) is 5.92 Å². The summed E-state index contributed by atoms with van der Waals surface area (Å²) in [5, 5.41) is 11.8. The first-order valence-corrected chi connectivity index (χ1v) is 16.7. The Bertz CT molecular complexity index is 2920. The average molecular weight is 613 g/mol. The molecule has 0 amide bonds. The molecule has 0 aliphatic heterocycles. The fraction of sp³-hybridized carbons (Fsp3) is 0.0435. The Morgan fingerprint density at radius 1 is 0.458 bits per heavy atom. The van der Waals surface area contributed by atoms with Gasteiger partial charge in [-0.15, -0.1) is 0 Å². The highest BCUT2D eigenvalue weighted by Gasteiger charge is 2.23. The van der Waals surface area contributed by atoms with Crippen LogP contribution in [0.25, 0.3) is 92.9 Å². The monoisotopic (exact) mass is 612 g/mol. The van der Waals surface area contributed by atoms with Crippen molar-refractivity contribution in [2.75, 3.05) is 0 Å². The molecule has 0 fully saturated rings. The van der Waals surface area contributed by atoms with Crippen LogP contribution in [0.3, 0.4) is 0 Å². The summed E-state index contributed by atoms with van der Waals surface area (Å²) in [7, 11) is 0. The lowest BCUT2D eigenvalue weighted by molar-refractivity contribution is 0.669. The molecule has 0 saturated carbocycles. The second-order valence-electron chi connectivity index (χ2n) is 13.1. The van der Waals surface area contributed by atoms with Crippen molar-refractivity contribution in [1.29, 1.82) is 0 Å². The highest BCUT2D eigenvalue weighted by atomic mass is 16.3. The summed E-state index contributed by atoms with van der Waals surface area (Å²) in [4.78, 5) is 0. The van der Waals surface area contributed by atoms with E-state index in [1.54, 1.807) is 0 Å². The van der Waals surface area contributed by atoms with Gasteiger partial charge in [0, 0.05) is 38.2 Å². The minimum atomic E-state index is 0.419. The molecule has 0 spiro atoms. The quantitative estimate of drug-likeness (QED) is 0.182. The maximum Gasteiger partial charge on any atom is 0.143 e. The van der Waals surface area contributed by atoms with Crippen molar-refractivity contribution >= 4 is 81.8 Å². The first-order chi connectivity index (χ1) is 23.8. The molecule has 7 aromatic carbocycles. The molecule has 2 heterocycles. The molecule has 2 nitrogen and oxygen atoms in total. The second kappa shape index (κ2) is 9.70. The summed E-state index contributed by atoms with van der Waals surface area (Å²) in [6.45, 7) is 0. The number of para-hydroxylation sites is 1. The Morgan fingerprint density at radius 3 is 1.71 bits per heavy atom. The van der Waals surface area contributed by atoms with Gasteiger partial charge in [-0.3, -0.25) is 0 Å². The lowest BCUT2D eigenvalue weighted by Gasteiger charge is -2.25. The van der Waals surface area contributed by atoms with E-state index in [9.17, 15) is 0 Å². The van der Waals surface area contributed by atoms with Gasteiger partial charge in [0.15, 0.2) is 0 Å². The molecular formula is C46H28O2. The van der Waals surface area contributed by atoms with Crippen molar-refractivity contribution in [2.24, 2.45) is 5.92 Å². The third-order valence-electron chi connectivity index (χ3n) is 10.6.